The van der Waals surface area contributed by atoms with Gasteiger partial charge < -0.3 is 15.5 Å². The molecule has 0 atom stereocenters. The number of hydrogen-bond donors (Lipinski definition) is 2. The van der Waals surface area contributed by atoms with Crippen LogP contribution in [0.2, 0.25) is 0 Å². The number of aromatic nitrogens is 2. The Bertz CT molecular complexity index is 457. The van der Waals surface area contributed by atoms with Crippen LogP contribution in [-0.4, -0.2) is 47.0 Å². The Morgan fingerprint density at radius 2 is 2.00 bits per heavy atom. The van der Waals surface area contributed by atoms with Gasteiger partial charge in [0.2, 0.25) is 11.9 Å². The van der Waals surface area contributed by atoms with E-state index in [1.54, 1.807) is 0 Å². The van der Waals surface area contributed by atoms with Crippen molar-refractivity contribution in [1.82, 2.24) is 14.9 Å². The van der Waals surface area contributed by atoms with E-state index < -0.39 is 0 Å². The van der Waals surface area contributed by atoms with E-state index in [1.807, 2.05) is 24.8 Å². The quantitative estimate of drug-likeness (QED) is 0.856. The highest BCUT2D eigenvalue weighted by Crippen LogP contribution is 2.11. The summed E-state index contributed by atoms with van der Waals surface area (Å²) in [4.78, 5) is 22.6. The van der Waals surface area contributed by atoms with E-state index in [-0.39, 0.29) is 5.91 Å². The van der Waals surface area contributed by atoms with Crippen LogP contribution in [-0.2, 0) is 4.79 Å². The molecule has 2 rings (SSSR count). The molecule has 1 aromatic heterocycles. The van der Waals surface area contributed by atoms with Gasteiger partial charge in [0, 0.05) is 31.4 Å². The van der Waals surface area contributed by atoms with E-state index in [1.165, 1.54) is 6.42 Å². The zero-order valence-corrected chi connectivity index (χ0v) is 12.3. The van der Waals surface area contributed by atoms with E-state index in [0.717, 1.165) is 38.2 Å². The van der Waals surface area contributed by atoms with Crippen molar-refractivity contribution in [3.8, 4) is 0 Å². The summed E-state index contributed by atoms with van der Waals surface area (Å²) < 4.78 is 0. The summed E-state index contributed by atoms with van der Waals surface area (Å²) in [6.45, 7) is 6.74. The predicted molar refractivity (Wildman–Crippen MR) is 79.9 cm³/mol. The Labute approximate surface area is 120 Å². The van der Waals surface area contributed by atoms with Crippen LogP contribution in [0.5, 0.6) is 0 Å². The van der Waals surface area contributed by atoms with E-state index in [4.69, 9.17) is 0 Å². The highest BCUT2D eigenvalue weighted by atomic mass is 16.2. The minimum atomic E-state index is 0.144. The van der Waals surface area contributed by atoms with Gasteiger partial charge in [-0.3, -0.25) is 4.79 Å². The van der Waals surface area contributed by atoms with Gasteiger partial charge in [-0.15, -0.1) is 0 Å². The lowest BCUT2D eigenvalue weighted by molar-refractivity contribution is -0.130. The zero-order valence-electron chi connectivity index (χ0n) is 12.3. The van der Waals surface area contributed by atoms with Gasteiger partial charge in [0.05, 0.1) is 6.54 Å². The van der Waals surface area contributed by atoms with Gasteiger partial charge in [-0.1, -0.05) is 0 Å². The molecule has 0 unspecified atom stereocenters. The third-order valence-corrected chi connectivity index (χ3v) is 3.32. The molecule has 6 heteroatoms. The Hall–Kier alpha value is -1.85. The number of hydrogen-bond acceptors (Lipinski definition) is 5. The molecule has 1 amide bonds. The second kappa shape index (κ2) is 7.07. The molecule has 0 spiro atoms. The van der Waals surface area contributed by atoms with Crippen LogP contribution >= 0.6 is 0 Å². The van der Waals surface area contributed by atoms with Crippen LogP contribution in [0.3, 0.4) is 0 Å². The summed E-state index contributed by atoms with van der Waals surface area (Å²) in [6, 6.07) is 1.85. The van der Waals surface area contributed by atoms with E-state index >= 15 is 0 Å². The van der Waals surface area contributed by atoms with Crippen molar-refractivity contribution in [3.63, 3.8) is 0 Å². The zero-order chi connectivity index (χ0) is 14.4. The summed E-state index contributed by atoms with van der Waals surface area (Å²) in [5.74, 6) is 1.44. The van der Waals surface area contributed by atoms with Crippen LogP contribution in [0.4, 0.5) is 11.8 Å². The van der Waals surface area contributed by atoms with Gasteiger partial charge in [-0.2, -0.15) is 4.98 Å². The Kier molecular flexibility index (Phi) is 5.15. The molecule has 2 heterocycles. The van der Waals surface area contributed by atoms with Gasteiger partial charge in [0.1, 0.15) is 5.82 Å². The Morgan fingerprint density at radius 3 is 2.70 bits per heavy atom. The lowest BCUT2D eigenvalue weighted by Crippen LogP contribution is -2.39. The molecular formula is C14H23N5O. The lowest BCUT2D eigenvalue weighted by Gasteiger charge is -2.26. The summed E-state index contributed by atoms with van der Waals surface area (Å²) in [7, 11) is 0. The maximum atomic E-state index is 12.1. The van der Waals surface area contributed by atoms with Gasteiger partial charge in [-0.25, -0.2) is 4.98 Å². The molecule has 0 radical (unpaired) electrons. The van der Waals surface area contributed by atoms with Gasteiger partial charge in [0.15, 0.2) is 0 Å². The number of nitrogens with one attached hydrogen (secondary N) is 2. The van der Waals surface area contributed by atoms with Gasteiger partial charge in [-0.05, 0) is 33.1 Å². The highest BCUT2D eigenvalue weighted by Gasteiger charge is 2.16. The second-order valence-corrected chi connectivity index (χ2v) is 5.04. The minimum Gasteiger partial charge on any atom is -0.361 e. The second-order valence-electron chi connectivity index (χ2n) is 5.04. The summed E-state index contributed by atoms with van der Waals surface area (Å²) in [5.41, 5.74) is 0.879. The first-order valence-electron chi connectivity index (χ1n) is 7.30. The minimum absolute atomic E-state index is 0.144. The number of anilines is 2. The molecule has 0 aromatic carbocycles. The number of nitrogens with zero attached hydrogens (tertiary/aromatic N) is 3. The first-order chi connectivity index (χ1) is 9.69. The van der Waals surface area contributed by atoms with Crippen LogP contribution in [0.25, 0.3) is 0 Å². The largest absolute Gasteiger partial charge is 0.361 e. The molecule has 110 valence electrons. The third kappa shape index (κ3) is 4.08. The fourth-order valence-electron chi connectivity index (χ4n) is 2.32. The number of likely N-dealkylation sites (tertiary alicyclic amines) is 1. The average molecular weight is 277 g/mol. The van der Waals surface area contributed by atoms with Gasteiger partial charge in [0.25, 0.3) is 0 Å². The molecule has 1 fully saturated rings. The molecule has 0 aliphatic carbocycles. The van der Waals surface area contributed by atoms with E-state index in [0.29, 0.717) is 18.3 Å². The topological polar surface area (TPSA) is 70.2 Å². The van der Waals surface area contributed by atoms with Crippen LogP contribution in [0.1, 0.15) is 31.9 Å². The molecule has 1 saturated heterocycles. The summed E-state index contributed by atoms with van der Waals surface area (Å²) in [5, 5.41) is 6.18. The number of amides is 1. The summed E-state index contributed by atoms with van der Waals surface area (Å²) >= 11 is 0. The van der Waals surface area contributed by atoms with Gasteiger partial charge >= 0.3 is 0 Å². The molecule has 1 aliphatic rings. The van der Waals surface area contributed by atoms with Crippen molar-refractivity contribution in [2.45, 2.75) is 33.1 Å². The Morgan fingerprint density at radius 1 is 1.25 bits per heavy atom. The third-order valence-electron chi connectivity index (χ3n) is 3.32. The fraction of sp³-hybridized carbons (Fsp3) is 0.643. The lowest BCUT2D eigenvalue weighted by atomic mass is 10.1. The van der Waals surface area contributed by atoms with Crippen LogP contribution < -0.4 is 10.6 Å². The number of carbonyl (C=O) groups excluding carboxylic acids is 1. The van der Waals surface area contributed by atoms with Crippen LogP contribution in [0.15, 0.2) is 6.07 Å². The van der Waals surface area contributed by atoms with Crippen molar-refractivity contribution in [2.75, 3.05) is 36.8 Å². The molecule has 6 nitrogen and oxygen atoms in total. The predicted octanol–water partition coefficient (Wildman–Crippen LogP) is 1.64. The van der Waals surface area contributed by atoms with E-state index in [2.05, 4.69) is 20.6 Å². The smallest absolute Gasteiger partial charge is 0.241 e. The number of rotatable bonds is 5. The standard InChI is InChI=1S/C14H23N5O/c1-3-15-14-17-11(2)9-12(18-14)16-10-13(20)19-7-5-4-6-8-19/h9H,3-8,10H2,1-2H3,(H2,15,16,17,18). The maximum absolute atomic E-state index is 12.1. The van der Waals surface area contributed by atoms with Crippen molar-refractivity contribution in [1.29, 1.82) is 0 Å². The molecule has 1 aliphatic heterocycles. The number of piperidine rings is 1. The first-order valence-corrected chi connectivity index (χ1v) is 7.30. The van der Waals surface area contributed by atoms with Crippen molar-refractivity contribution >= 4 is 17.7 Å². The van der Waals surface area contributed by atoms with Crippen molar-refractivity contribution in [3.05, 3.63) is 11.8 Å². The SMILES string of the molecule is CCNc1nc(C)cc(NCC(=O)N2CCCCC2)n1. The fourth-order valence-corrected chi connectivity index (χ4v) is 2.32. The maximum Gasteiger partial charge on any atom is 0.241 e. The summed E-state index contributed by atoms with van der Waals surface area (Å²) in [6.07, 6.45) is 3.46. The van der Waals surface area contributed by atoms with E-state index in [9.17, 15) is 4.79 Å². The molecule has 2 N–H and O–H groups in total. The monoisotopic (exact) mass is 277 g/mol. The average Bonchev–Trinajstić information content (AvgIpc) is 2.45. The Balaban J connectivity index is 1.90. The molecule has 0 bridgehead atoms. The highest BCUT2D eigenvalue weighted by molar-refractivity contribution is 5.80. The number of aryl methyl sites for hydroxylation is 1. The molecule has 1 aromatic rings. The van der Waals surface area contributed by atoms with Crippen molar-refractivity contribution < 1.29 is 4.79 Å². The first kappa shape index (κ1) is 14.6. The normalized spacial score (nSPS) is 15.0. The van der Waals surface area contributed by atoms with Crippen LogP contribution in [0, 0.1) is 6.92 Å². The number of carbonyl (C=O) groups is 1. The molecular weight excluding hydrogens is 254 g/mol. The van der Waals surface area contributed by atoms with Crippen molar-refractivity contribution in [2.24, 2.45) is 0 Å². The molecule has 0 saturated carbocycles. The molecule has 20 heavy (non-hydrogen) atoms.